The molecule has 0 saturated carbocycles. The van der Waals surface area contributed by atoms with Crippen LogP contribution in [0.2, 0.25) is 0 Å². The average molecular weight is 388 g/mol. The molecular weight excluding hydrogens is 370 g/mol. The Hall–Kier alpha value is -3.32. The maximum atomic E-state index is 13.0. The number of hydrogen-bond acceptors (Lipinski definition) is 4. The molecule has 4 heterocycles. The summed E-state index contributed by atoms with van der Waals surface area (Å²) < 4.78 is 0. The smallest absolute Gasteiger partial charge is 0.237 e. The number of nitrogens with two attached hydrogens (primary N) is 1. The minimum Gasteiger partial charge on any atom is -0.326 e. The van der Waals surface area contributed by atoms with Crippen LogP contribution in [0.3, 0.4) is 0 Å². The third-order valence-electron chi connectivity index (χ3n) is 7.37. The lowest BCUT2D eigenvalue weighted by Crippen LogP contribution is -2.99. The Morgan fingerprint density at radius 1 is 0.552 bits per heavy atom. The SMILES string of the molecule is O=C1NC(=O)[C@@H]2[C@@H]1C1(c3ccccc3)[NH2+]C2(c2ccccc2)[C@H]2C(=O)NC(=O)[C@@H]21. The fourth-order valence-corrected chi connectivity index (χ4v) is 6.61. The molecule has 29 heavy (non-hydrogen) atoms. The first kappa shape index (κ1) is 16.6. The number of imide groups is 2. The molecule has 4 fully saturated rings. The Labute approximate surface area is 165 Å². The van der Waals surface area contributed by atoms with Crippen LogP contribution in [0.4, 0.5) is 0 Å². The van der Waals surface area contributed by atoms with E-state index in [1.807, 2.05) is 66.0 Å². The van der Waals surface area contributed by atoms with Crippen molar-refractivity contribution in [3.05, 3.63) is 71.8 Å². The molecule has 7 heteroatoms. The first-order chi connectivity index (χ1) is 14.0. The highest BCUT2D eigenvalue weighted by Gasteiger charge is 2.88. The Morgan fingerprint density at radius 2 is 0.862 bits per heavy atom. The summed E-state index contributed by atoms with van der Waals surface area (Å²) >= 11 is 0. The molecule has 2 unspecified atom stereocenters. The lowest BCUT2D eigenvalue weighted by atomic mass is 9.55. The Kier molecular flexibility index (Phi) is 2.97. The second-order valence-corrected chi connectivity index (χ2v) is 8.36. The minimum atomic E-state index is -1.01. The van der Waals surface area contributed by atoms with Gasteiger partial charge in [-0.1, -0.05) is 60.7 Å². The van der Waals surface area contributed by atoms with Gasteiger partial charge in [0.15, 0.2) is 0 Å². The van der Waals surface area contributed by atoms with Gasteiger partial charge >= 0.3 is 0 Å². The summed E-state index contributed by atoms with van der Waals surface area (Å²) in [6.07, 6.45) is 0. The van der Waals surface area contributed by atoms with Crippen molar-refractivity contribution in [1.82, 2.24) is 10.6 Å². The summed E-state index contributed by atoms with van der Waals surface area (Å²) in [5.74, 6) is -4.39. The summed E-state index contributed by atoms with van der Waals surface area (Å²) in [5, 5.41) is 6.96. The first-order valence-electron chi connectivity index (χ1n) is 9.69. The monoisotopic (exact) mass is 388 g/mol. The minimum absolute atomic E-state index is 0.372. The molecule has 4 amide bonds. The van der Waals surface area contributed by atoms with Crippen molar-refractivity contribution in [3.63, 3.8) is 0 Å². The van der Waals surface area contributed by atoms with E-state index in [1.165, 1.54) is 0 Å². The van der Waals surface area contributed by atoms with E-state index in [2.05, 4.69) is 10.6 Å². The topological polar surface area (TPSA) is 109 Å². The number of fused-ring (bicyclic) bond motifs is 8. The van der Waals surface area contributed by atoms with Crippen molar-refractivity contribution >= 4 is 23.6 Å². The van der Waals surface area contributed by atoms with Crippen molar-refractivity contribution in [2.45, 2.75) is 11.1 Å². The standard InChI is InChI=1S/C22H17N3O4/c26-17-13-15(19(28)23-17)22(12-9-5-2-6-10-12)16-14(18(27)24-20(16)29)21(13,25-22)11-7-3-1-4-8-11/h1-10,13-16,25H,(H,23,26,28)(H,24,27,29)/p+1/t13-,14+,15-,16+,21?,22?. The van der Waals surface area contributed by atoms with Gasteiger partial charge in [0.1, 0.15) is 34.7 Å². The van der Waals surface area contributed by atoms with Gasteiger partial charge < -0.3 is 5.32 Å². The van der Waals surface area contributed by atoms with Crippen LogP contribution in [0.15, 0.2) is 60.7 Å². The van der Waals surface area contributed by atoms with Crippen molar-refractivity contribution < 1.29 is 24.5 Å². The molecule has 4 saturated heterocycles. The number of hydrogen-bond donors (Lipinski definition) is 3. The molecule has 6 atom stereocenters. The van der Waals surface area contributed by atoms with E-state index in [-0.39, 0.29) is 23.6 Å². The normalized spacial score (nSPS) is 39.3. The third-order valence-corrected chi connectivity index (χ3v) is 7.37. The maximum Gasteiger partial charge on any atom is 0.237 e. The van der Waals surface area contributed by atoms with Gasteiger partial charge in [0.2, 0.25) is 23.6 Å². The molecule has 4 aliphatic heterocycles. The second-order valence-electron chi connectivity index (χ2n) is 8.36. The van der Waals surface area contributed by atoms with Crippen molar-refractivity contribution in [2.75, 3.05) is 0 Å². The molecule has 4 N–H and O–H groups in total. The molecule has 0 radical (unpaired) electrons. The van der Waals surface area contributed by atoms with Gasteiger partial charge in [-0.2, -0.15) is 0 Å². The number of amides is 4. The van der Waals surface area contributed by atoms with Crippen LogP contribution >= 0.6 is 0 Å². The fourth-order valence-electron chi connectivity index (χ4n) is 6.61. The van der Waals surface area contributed by atoms with Crippen LogP contribution in [0.1, 0.15) is 11.1 Å². The number of carbonyl (C=O) groups is 4. The van der Waals surface area contributed by atoms with Gasteiger partial charge in [0.25, 0.3) is 0 Å². The molecule has 2 bridgehead atoms. The quantitative estimate of drug-likeness (QED) is 0.582. The van der Waals surface area contributed by atoms with Crippen LogP contribution in [0, 0.1) is 23.7 Å². The van der Waals surface area contributed by atoms with E-state index < -0.39 is 34.7 Å². The maximum absolute atomic E-state index is 13.0. The highest BCUT2D eigenvalue weighted by Crippen LogP contribution is 2.63. The van der Waals surface area contributed by atoms with E-state index in [0.717, 1.165) is 11.1 Å². The highest BCUT2D eigenvalue weighted by atomic mass is 16.2. The molecule has 4 aliphatic rings. The van der Waals surface area contributed by atoms with Crippen molar-refractivity contribution in [1.29, 1.82) is 0 Å². The molecule has 2 aromatic rings. The molecule has 6 rings (SSSR count). The van der Waals surface area contributed by atoms with Crippen molar-refractivity contribution in [2.24, 2.45) is 23.7 Å². The van der Waals surface area contributed by atoms with E-state index in [4.69, 9.17) is 0 Å². The third kappa shape index (κ3) is 1.69. The number of rotatable bonds is 2. The lowest BCUT2D eigenvalue weighted by molar-refractivity contribution is -0.771. The molecule has 144 valence electrons. The van der Waals surface area contributed by atoms with E-state index in [9.17, 15) is 19.2 Å². The highest BCUT2D eigenvalue weighted by molar-refractivity contribution is 6.12. The van der Waals surface area contributed by atoms with Gasteiger partial charge in [-0.05, 0) is 0 Å². The predicted octanol–water partition coefficient (Wildman–Crippen LogP) is -0.854. The van der Waals surface area contributed by atoms with Gasteiger partial charge in [0.05, 0.1) is 0 Å². The number of quaternary nitrogens is 1. The van der Waals surface area contributed by atoms with Crippen LogP contribution < -0.4 is 16.0 Å². The van der Waals surface area contributed by atoms with E-state index in [0.29, 0.717) is 0 Å². The second kappa shape index (κ2) is 5.18. The Bertz CT molecular complexity index is 970. The summed E-state index contributed by atoms with van der Waals surface area (Å²) in [5.41, 5.74) is -0.456. The Balaban J connectivity index is 1.72. The zero-order chi connectivity index (χ0) is 20.0. The van der Waals surface area contributed by atoms with Crippen LogP contribution in [0.25, 0.3) is 0 Å². The first-order valence-corrected chi connectivity index (χ1v) is 9.69. The van der Waals surface area contributed by atoms with Crippen molar-refractivity contribution in [3.8, 4) is 0 Å². The Morgan fingerprint density at radius 3 is 1.17 bits per heavy atom. The number of carbonyl (C=O) groups excluding carboxylic acids is 4. The summed E-state index contributed by atoms with van der Waals surface area (Å²) in [4.78, 5) is 52.1. The van der Waals surface area contributed by atoms with Crippen LogP contribution in [0.5, 0.6) is 0 Å². The molecule has 2 aromatic carbocycles. The van der Waals surface area contributed by atoms with E-state index >= 15 is 0 Å². The van der Waals surface area contributed by atoms with Crippen LogP contribution in [-0.2, 0) is 30.3 Å². The van der Waals surface area contributed by atoms with Gasteiger partial charge in [-0.3, -0.25) is 29.8 Å². The summed E-state index contributed by atoms with van der Waals surface area (Å²) in [6, 6.07) is 18.7. The number of benzene rings is 2. The van der Waals surface area contributed by atoms with Gasteiger partial charge in [-0.15, -0.1) is 0 Å². The predicted molar refractivity (Wildman–Crippen MR) is 98.4 cm³/mol. The zero-order valence-electron chi connectivity index (χ0n) is 15.3. The lowest BCUT2D eigenvalue weighted by Gasteiger charge is -2.36. The van der Waals surface area contributed by atoms with E-state index in [1.54, 1.807) is 0 Å². The average Bonchev–Trinajstić information content (AvgIpc) is 3.42. The molecule has 0 spiro atoms. The molecule has 0 aromatic heterocycles. The molecule has 7 nitrogen and oxygen atoms in total. The largest absolute Gasteiger partial charge is 0.326 e. The van der Waals surface area contributed by atoms with Gasteiger partial charge in [0, 0.05) is 11.1 Å². The molecule has 0 aliphatic carbocycles. The number of nitrogens with one attached hydrogen (secondary N) is 2. The zero-order valence-corrected chi connectivity index (χ0v) is 15.3. The van der Waals surface area contributed by atoms with Gasteiger partial charge in [-0.25, -0.2) is 0 Å². The summed E-state index contributed by atoms with van der Waals surface area (Å²) in [6.45, 7) is 0. The molecular formula is C22H18N3O4+. The fraction of sp³-hybridized carbons (Fsp3) is 0.273. The van der Waals surface area contributed by atoms with Crippen LogP contribution in [-0.4, -0.2) is 23.6 Å². The summed E-state index contributed by atoms with van der Waals surface area (Å²) in [7, 11) is 0.